The fourth-order valence-corrected chi connectivity index (χ4v) is 3.18. The molecule has 2 aliphatic rings. The third kappa shape index (κ3) is 2.73. The Morgan fingerprint density at radius 2 is 1.80 bits per heavy atom. The number of rotatable bonds is 4. The van der Waals surface area contributed by atoms with Crippen molar-refractivity contribution in [1.29, 1.82) is 0 Å². The summed E-state index contributed by atoms with van der Waals surface area (Å²) < 4.78 is 5.15. The van der Waals surface area contributed by atoms with Gasteiger partial charge in [0.15, 0.2) is 6.33 Å². The van der Waals surface area contributed by atoms with E-state index in [1.807, 2.05) is 0 Å². The SMILES string of the molecule is CC(C)N1CCN(C2CN(C(C)c3ncno3)C2)CC1. The Kier molecular flexibility index (Phi) is 4.05. The van der Waals surface area contributed by atoms with Crippen molar-refractivity contribution < 1.29 is 4.52 Å². The minimum Gasteiger partial charge on any atom is -0.338 e. The Hall–Kier alpha value is -0.980. The topological polar surface area (TPSA) is 48.6 Å². The number of hydrogen-bond acceptors (Lipinski definition) is 6. The highest BCUT2D eigenvalue weighted by atomic mass is 16.5. The van der Waals surface area contributed by atoms with Crippen LogP contribution in [0, 0.1) is 0 Å². The van der Waals surface area contributed by atoms with Crippen LogP contribution in [-0.4, -0.2) is 76.2 Å². The number of hydrogen-bond donors (Lipinski definition) is 0. The van der Waals surface area contributed by atoms with E-state index in [2.05, 4.69) is 45.6 Å². The highest BCUT2D eigenvalue weighted by molar-refractivity contribution is 4.97. The van der Waals surface area contributed by atoms with E-state index in [1.54, 1.807) is 0 Å². The number of nitrogens with zero attached hydrogens (tertiary/aromatic N) is 5. The van der Waals surface area contributed by atoms with Gasteiger partial charge in [0, 0.05) is 51.4 Å². The largest absolute Gasteiger partial charge is 0.338 e. The second-order valence-corrected chi connectivity index (χ2v) is 6.23. The maximum atomic E-state index is 5.15. The normalized spacial score (nSPS) is 25.0. The Balaban J connectivity index is 1.45. The summed E-state index contributed by atoms with van der Waals surface area (Å²) in [6.07, 6.45) is 1.48. The van der Waals surface area contributed by atoms with Crippen LogP contribution in [-0.2, 0) is 0 Å². The maximum Gasteiger partial charge on any atom is 0.243 e. The number of piperazine rings is 1. The molecule has 0 amide bonds. The van der Waals surface area contributed by atoms with E-state index in [0.29, 0.717) is 12.1 Å². The van der Waals surface area contributed by atoms with Crippen LogP contribution < -0.4 is 0 Å². The molecule has 6 heteroatoms. The van der Waals surface area contributed by atoms with Crippen molar-refractivity contribution in [2.45, 2.75) is 38.9 Å². The van der Waals surface area contributed by atoms with Crippen LogP contribution in [0.2, 0.25) is 0 Å². The zero-order chi connectivity index (χ0) is 14.1. The van der Waals surface area contributed by atoms with Gasteiger partial charge in [-0.25, -0.2) is 0 Å². The van der Waals surface area contributed by atoms with Gasteiger partial charge < -0.3 is 4.52 Å². The van der Waals surface area contributed by atoms with E-state index in [-0.39, 0.29) is 6.04 Å². The van der Waals surface area contributed by atoms with Crippen molar-refractivity contribution in [3.8, 4) is 0 Å². The van der Waals surface area contributed by atoms with Crippen molar-refractivity contribution in [3.05, 3.63) is 12.2 Å². The molecule has 0 aromatic carbocycles. The van der Waals surface area contributed by atoms with Gasteiger partial charge in [0.1, 0.15) is 0 Å². The van der Waals surface area contributed by atoms with Crippen LogP contribution in [0.3, 0.4) is 0 Å². The van der Waals surface area contributed by atoms with Gasteiger partial charge in [-0.1, -0.05) is 5.16 Å². The van der Waals surface area contributed by atoms with Crippen molar-refractivity contribution >= 4 is 0 Å². The van der Waals surface area contributed by atoms with Gasteiger partial charge in [-0.05, 0) is 20.8 Å². The Morgan fingerprint density at radius 1 is 1.10 bits per heavy atom. The van der Waals surface area contributed by atoms with Crippen LogP contribution in [0.15, 0.2) is 10.9 Å². The second kappa shape index (κ2) is 5.79. The smallest absolute Gasteiger partial charge is 0.243 e. The van der Waals surface area contributed by atoms with Gasteiger partial charge in [-0.3, -0.25) is 14.7 Å². The van der Waals surface area contributed by atoms with Gasteiger partial charge >= 0.3 is 0 Å². The molecule has 0 N–H and O–H groups in total. The molecule has 0 bridgehead atoms. The van der Waals surface area contributed by atoms with Gasteiger partial charge in [-0.15, -0.1) is 0 Å². The molecule has 0 aliphatic carbocycles. The summed E-state index contributed by atoms with van der Waals surface area (Å²) in [5.41, 5.74) is 0. The van der Waals surface area contributed by atoms with Crippen molar-refractivity contribution in [2.75, 3.05) is 39.3 Å². The molecule has 0 spiro atoms. The quantitative estimate of drug-likeness (QED) is 0.814. The third-order valence-electron chi connectivity index (χ3n) is 4.77. The first kappa shape index (κ1) is 14.0. The van der Waals surface area contributed by atoms with Gasteiger partial charge in [-0.2, -0.15) is 4.98 Å². The van der Waals surface area contributed by atoms with E-state index in [4.69, 9.17) is 4.52 Å². The monoisotopic (exact) mass is 279 g/mol. The lowest BCUT2D eigenvalue weighted by molar-refractivity contribution is -0.0233. The molecule has 2 fully saturated rings. The first-order valence-corrected chi connectivity index (χ1v) is 7.64. The molecular formula is C14H25N5O. The summed E-state index contributed by atoms with van der Waals surface area (Å²) in [5.74, 6) is 0.730. The third-order valence-corrected chi connectivity index (χ3v) is 4.77. The Bertz CT molecular complexity index is 407. The van der Waals surface area contributed by atoms with Crippen LogP contribution in [0.1, 0.15) is 32.7 Å². The average Bonchev–Trinajstić information content (AvgIpc) is 2.91. The number of likely N-dealkylation sites (tertiary alicyclic amines) is 1. The Labute approximate surface area is 120 Å². The summed E-state index contributed by atoms with van der Waals surface area (Å²) in [6.45, 7) is 13.7. The molecule has 2 aliphatic heterocycles. The first-order valence-electron chi connectivity index (χ1n) is 7.64. The predicted molar refractivity (Wildman–Crippen MR) is 76.4 cm³/mol. The highest BCUT2D eigenvalue weighted by Crippen LogP contribution is 2.26. The minimum absolute atomic E-state index is 0.241. The van der Waals surface area contributed by atoms with Crippen LogP contribution in [0.25, 0.3) is 0 Å². The van der Waals surface area contributed by atoms with Crippen molar-refractivity contribution in [2.24, 2.45) is 0 Å². The van der Waals surface area contributed by atoms with E-state index in [1.165, 1.54) is 32.5 Å². The molecule has 0 radical (unpaired) electrons. The molecule has 1 aromatic rings. The molecule has 0 saturated carbocycles. The molecule has 20 heavy (non-hydrogen) atoms. The summed E-state index contributed by atoms with van der Waals surface area (Å²) in [6, 6.07) is 1.62. The van der Waals surface area contributed by atoms with Gasteiger partial charge in [0.05, 0.1) is 6.04 Å². The second-order valence-electron chi connectivity index (χ2n) is 6.23. The van der Waals surface area contributed by atoms with E-state index in [0.717, 1.165) is 19.0 Å². The minimum atomic E-state index is 0.241. The number of aromatic nitrogens is 2. The lowest BCUT2D eigenvalue weighted by Gasteiger charge is -2.50. The summed E-state index contributed by atoms with van der Waals surface area (Å²) in [7, 11) is 0. The lowest BCUT2D eigenvalue weighted by Crippen LogP contribution is -2.63. The molecular weight excluding hydrogens is 254 g/mol. The fraction of sp³-hybridized carbons (Fsp3) is 0.857. The lowest BCUT2D eigenvalue weighted by atomic mass is 10.0. The highest BCUT2D eigenvalue weighted by Gasteiger charge is 2.37. The zero-order valence-corrected chi connectivity index (χ0v) is 12.7. The molecule has 1 unspecified atom stereocenters. The molecule has 1 aromatic heterocycles. The fourth-order valence-electron chi connectivity index (χ4n) is 3.18. The summed E-state index contributed by atoms with van der Waals surface area (Å²) in [5, 5.41) is 3.69. The van der Waals surface area contributed by atoms with Crippen LogP contribution >= 0.6 is 0 Å². The molecule has 1 atom stereocenters. The molecule has 2 saturated heterocycles. The summed E-state index contributed by atoms with van der Waals surface area (Å²) in [4.78, 5) is 11.8. The maximum absolute atomic E-state index is 5.15. The Morgan fingerprint density at radius 3 is 2.35 bits per heavy atom. The van der Waals surface area contributed by atoms with Crippen molar-refractivity contribution in [1.82, 2.24) is 24.8 Å². The first-order chi connectivity index (χ1) is 9.65. The standard InChI is InChI=1S/C14H25N5O/c1-11(2)17-4-6-18(7-5-17)13-8-19(9-13)12(3)14-15-10-16-20-14/h10-13H,4-9H2,1-3H3. The van der Waals surface area contributed by atoms with E-state index in [9.17, 15) is 0 Å². The van der Waals surface area contributed by atoms with Gasteiger partial charge in [0.25, 0.3) is 0 Å². The zero-order valence-electron chi connectivity index (χ0n) is 12.7. The van der Waals surface area contributed by atoms with E-state index >= 15 is 0 Å². The van der Waals surface area contributed by atoms with Crippen LogP contribution in [0.5, 0.6) is 0 Å². The average molecular weight is 279 g/mol. The van der Waals surface area contributed by atoms with Crippen LogP contribution in [0.4, 0.5) is 0 Å². The summed E-state index contributed by atoms with van der Waals surface area (Å²) >= 11 is 0. The van der Waals surface area contributed by atoms with Gasteiger partial charge in [0.2, 0.25) is 5.89 Å². The molecule has 3 rings (SSSR count). The van der Waals surface area contributed by atoms with E-state index < -0.39 is 0 Å². The molecule has 6 nitrogen and oxygen atoms in total. The molecule has 112 valence electrons. The molecule has 3 heterocycles. The van der Waals surface area contributed by atoms with Crippen molar-refractivity contribution in [3.63, 3.8) is 0 Å². The predicted octanol–water partition coefficient (Wildman–Crippen LogP) is 0.841.